The van der Waals surface area contributed by atoms with Gasteiger partial charge in [-0.1, -0.05) is 35.7 Å². The van der Waals surface area contributed by atoms with Crippen molar-refractivity contribution in [2.24, 2.45) is 0 Å². The molecule has 2 aromatic carbocycles. The SMILES string of the molecule is C#CC(C)(c1ccc(C)cc1)c1csc(NC(=O)c2c(F)cc(N3CCNCC3CO)cc2F)n1. The summed E-state index contributed by atoms with van der Waals surface area (Å²) in [6, 6.07) is 9.70. The van der Waals surface area contributed by atoms with E-state index in [2.05, 4.69) is 21.5 Å². The molecule has 0 radical (unpaired) electrons. The lowest BCUT2D eigenvalue weighted by atomic mass is 9.80. The molecular weight excluding hydrogens is 470 g/mol. The van der Waals surface area contributed by atoms with Crippen molar-refractivity contribution in [3.63, 3.8) is 0 Å². The number of rotatable bonds is 6. The van der Waals surface area contributed by atoms with Gasteiger partial charge in [0.05, 0.1) is 23.8 Å². The van der Waals surface area contributed by atoms with Crippen LogP contribution in [-0.4, -0.2) is 48.3 Å². The third kappa shape index (κ3) is 4.91. The molecule has 1 amide bonds. The number of thiazole rings is 1. The molecule has 0 spiro atoms. The number of carbonyl (C=O) groups excluding carboxylic acids is 1. The number of nitrogens with one attached hydrogen (secondary N) is 2. The van der Waals surface area contributed by atoms with Gasteiger partial charge in [0.15, 0.2) is 5.13 Å². The highest BCUT2D eigenvalue weighted by molar-refractivity contribution is 7.14. The molecule has 0 bridgehead atoms. The first-order valence-electron chi connectivity index (χ1n) is 11.2. The Labute approximate surface area is 207 Å². The van der Waals surface area contributed by atoms with E-state index >= 15 is 0 Å². The maximum atomic E-state index is 14.9. The van der Waals surface area contributed by atoms with Crippen molar-refractivity contribution in [1.29, 1.82) is 0 Å². The largest absolute Gasteiger partial charge is 0.394 e. The highest BCUT2D eigenvalue weighted by Crippen LogP contribution is 2.34. The minimum absolute atomic E-state index is 0.163. The van der Waals surface area contributed by atoms with Crippen LogP contribution in [0.1, 0.15) is 34.1 Å². The van der Waals surface area contributed by atoms with Gasteiger partial charge in [-0.15, -0.1) is 17.8 Å². The fraction of sp³-hybridized carbons (Fsp3) is 0.308. The molecular formula is C26H26F2N4O2S. The van der Waals surface area contributed by atoms with Crippen molar-refractivity contribution in [2.45, 2.75) is 25.3 Å². The summed E-state index contributed by atoms with van der Waals surface area (Å²) in [6.45, 7) is 5.26. The standard InChI is InChI=1S/C26H26F2N4O2S/c1-4-26(3,17-7-5-16(2)6-8-17)22-15-35-25(30-22)31-24(34)23-20(27)11-18(12-21(23)28)32-10-9-29-13-19(32)14-33/h1,5-8,11-12,15,19,29,33H,9-10,13-14H2,2-3H3,(H,30,31,34). The number of amides is 1. The molecule has 1 aliphatic rings. The van der Waals surface area contributed by atoms with Crippen molar-refractivity contribution >= 4 is 28.1 Å². The van der Waals surface area contributed by atoms with E-state index in [1.807, 2.05) is 38.1 Å². The van der Waals surface area contributed by atoms with Gasteiger partial charge < -0.3 is 15.3 Å². The van der Waals surface area contributed by atoms with Crippen LogP contribution in [-0.2, 0) is 5.41 Å². The minimum Gasteiger partial charge on any atom is -0.394 e. The number of carbonyl (C=O) groups is 1. The number of halogens is 2. The van der Waals surface area contributed by atoms with Gasteiger partial charge in [-0.25, -0.2) is 13.8 Å². The van der Waals surface area contributed by atoms with E-state index in [4.69, 9.17) is 6.42 Å². The lowest BCUT2D eigenvalue weighted by Crippen LogP contribution is -2.53. The number of anilines is 2. The smallest absolute Gasteiger partial charge is 0.263 e. The van der Waals surface area contributed by atoms with E-state index in [-0.39, 0.29) is 23.5 Å². The molecule has 3 aromatic rings. The van der Waals surface area contributed by atoms with Gasteiger partial charge in [0.1, 0.15) is 17.2 Å². The first-order valence-corrected chi connectivity index (χ1v) is 12.0. The Morgan fingerprint density at radius 1 is 1.34 bits per heavy atom. The van der Waals surface area contributed by atoms with Gasteiger partial charge in [-0.2, -0.15) is 0 Å². The molecule has 0 saturated carbocycles. The monoisotopic (exact) mass is 496 g/mol. The van der Waals surface area contributed by atoms with E-state index in [0.29, 0.717) is 25.3 Å². The molecule has 4 rings (SSSR count). The van der Waals surface area contributed by atoms with E-state index in [0.717, 1.165) is 34.6 Å². The van der Waals surface area contributed by atoms with Crippen LogP contribution in [0.25, 0.3) is 0 Å². The fourth-order valence-corrected chi connectivity index (χ4v) is 4.93. The first kappa shape index (κ1) is 24.8. The Morgan fingerprint density at radius 2 is 2.03 bits per heavy atom. The zero-order chi connectivity index (χ0) is 25.2. The Morgan fingerprint density at radius 3 is 2.66 bits per heavy atom. The Bertz CT molecular complexity index is 1250. The molecule has 1 aliphatic heterocycles. The second-order valence-corrected chi connectivity index (χ2v) is 9.50. The quantitative estimate of drug-likeness (QED) is 0.454. The Kier molecular flexibility index (Phi) is 7.17. The van der Waals surface area contributed by atoms with Crippen LogP contribution >= 0.6 is 11.3 Å². The lowest BCUT2D eigenvalue weighted by Gasteiger charge is -2.37. The molecule has 2 unspecified atom stereocenters. The molecule has 1 aromatic heterocycles. The van der Waals surface area contributed by atoms with E-state index in [9.17, 15) is 18.7 Å². The normalized spacial score (nSPS) is 17.5. The molecule has 35 heavy (non-hydrogen) atoms. The summed E-state index contributed by atoms with van der Waals surface area (Å²) in [6.07, 6.45) is 5.85. The predicted molar refractivity (Wildman–Crippen MR) is 134 cm³/mol. The molecule has 2 heterocycles. The second-order valence-electron chi connectivity index (χ2n) is 8.65. The Hall–Kier alpha value is -3.32. The molecule has 0 aliphatic carbocycles. The predicted octanol–water partition coefficient (Wildman–Crippen LogP) is 3.69. The average molecular weight is 497 g/mol. The number of nitrogens with zero attached hydrogens (tertiary/aromatic N) is 2. The third-order valence-electron chi connectivity index (χ3n) is 6.30. The number of aliphatic hydroxyl groups is 1. The number of hydrogen-bond acceptors (Lipinski definition) is 6. The molecule has 1 fully saturated rings. The van der Waals surface area contributed by atoms with Crippen molar-refractivity contribution in [2.75, 3.05) is 36.5 Å². The van der Waals surface area contributed by atoms with Gasteiger partial charge in [0, 0.05) is 30.7 Å². The maximum absolute atomic E-state index is 14.9. The minimum atomic E-state index is -0.988. The van der Waals surface area contributed by atoms with Gasteiger partial charge in [0.2, 0.25) is 0 Å². The molecule has 182 valence electrons. The topological polar surface area (TPSA) is 77.5 Å². The van der Waals surface area contributed by atoms with Crippen LogP contribution in [0.4, 0.5) is 19.6 Å². The number of benzene rings is 2. The van der Waals surface area contributed by atoms with Crippen molar-refractivity contribution in [3.05, 3.63) is 75.8 Å². The summed E-state index contributed by atoms with van der Waals surface area (Å²) >= 11 is 1.13. The molecule has 6 nitrogen and oxygen atoms in total. The number of piperazine rings is 1. The van der Waals surface area contributed by atoms with Gasteiger partial charge in [0.25, 0.3) is 5.91 Å². The van der Waals surface area contributed by atoms with E-state index in [1.54, 1.807) is 10.3 Å². The number of aryl methyl sites for hydroxylation is 1. The van der Waals surface area contributed by atoms with Crippen molar-refractivity contribution in [3.8, 4) is 12.3 Å². The number of terminal acetylenes is 1. The van der Waals surface area contributed by atoms with Crippen molar-refractivity contribution < 1.29 is 18.7 Å². The highest BCUT2D eigenvalue weighted by atomic mass is 32.1. The number of aromatic nitrogens is 1. The van der Waals surface area contributed by atoms with Crippen LogP contribution < -0.4 is 15.5 Å². The molecule has 9 heteroatoms. The molecule has 2 atom stereocenters. The number of hydrogen-bond donors (Lipinski definition) is 3. The van der Waals surface area contributed by atoms with Crippen molar-refractivity contribution in [1.82, 2.24) is 10.3 Å². The van der Waals surface area contributed by atoms with Gasteiger partial charge in [-0.3, -0.25) is 10.1 Å². The molecule has 1 saturated heterocycles. The maximum Gasteiger partial charge on any atom is 0.263 e. The van der Waals surface area contributed by atoms with Gasteiger partial charge >= 0.3 is 0 Å². The summed E-state index contributed by atoms with van der Waals surface area (Å²) in [5, 5.41) is 17.1. The zero-order valence-electron chi connectivity index (χ0n) is 19.4. The second kappa shape index (κ2) is 10.1. The average Bonchev–Trinajstić information content (AvgIpc) is 3.32. The Balaban J connectivity index is 1.56. The van der Waals surface area contributed by atoms with E-state index in [1.165, 1.54) is 0 Å². The molecule has 3 N–H and O–H groups in total. The summed E-state index contributed by atoms with van der Waals surface area (Å²) in [4.78, 5) is 18.9. The van der Waals surface area contributed by atoms with Gasteiger partial charge in [-0.05, 0) is 31.5 Å². The van der Waals surface area contributed by atoms with Crippen LogP contribution in [0.2, 0.25) is 0 Å². The van der Waals surface area contributed by atoms with Crippen LogP contribution in [0.15, 0.2) is 41.8 Å². The summed E-state index contributed by atoms with van der Waals surface area (Å²) < 4.78 is 29.8. The highest BCUT2D eigenvalue weighted by Gasteiger charge is 2.30. The number of aliphatic hydroxyl groups excluding tert-OH is 1. The lowest BCUT2D eigenvalue weighted by molar-refractivity contribution is 0.101. The summed E-state index contributed by atoms with van der Waals surface area (Å²) in [7, 11) is 0. The van der Waals surface area contributed by atoms with Crippen LogP contribution in [0.5, 0.6) is 0 Å². The van der Waals surface area contributed by atoms with Crippen LogP contribution in [0, 0.1) is 30.9 Å². The summed E-state index contributed by atoms with van der Waals surface area (Å²) in [5.41, 5.74) is 1.26. The van der Waals surface area contributed by atoms with E-state index < -0.39 is 28.5 Å². The zero-order valence-corrected chi connectivity index (χ0v) is 20.3. The fourth-order valence-electron chi connectivity index (χ4n) is 4.12. The summed E-state index contributed by atoms with van der Waals surface area (Å²) in [5.74, 6) is -0.140. The van der Waals surface area contributed by atoms with Crippen LogP contribution in [0.3, 0.4) is 0 Å². The first-order chi connectivity index (χ1) is 16.8. The third-order valence-corrected chi connectivity index (χ3v) is 7.06.